The first-order valence-corrected chi connectivity index (χ1v) is 8.52. The highest BCUT2D eigenvalue weighted by molar-refractivity contribution is 9.11. The Hall–Kier alpha value is -0.450. The van der Waals surface area contributed by atoms with Crippen LogP contribution in [0.1, 0.15) is 5.56 Å². The van der Waals surface area contributed by atoms with E-state index in [1.165, 1.54) is 10.5 Å². The topological polar surface area (TPSA) is 9.23 Å². The van der Waals surface area contributed by atoms with Crippen molar-refractivity contribution in [3.8, 4) is 5.75 Å². The molecule has 3 rings (SSSR count). The Balaban J connectivity index is 1.66. The minimum atomic E-state index is 0.497. The molecule has 4 heteroatoms. The van der Waals surface area contributed by atoms with Gasteiger partial charge in [0.1, 0.15) is 12.4 Å². The van der Waals surface area contributed by atoms with E-state index in [1.807, 2.05) is 30.0 Å². The van der Waals surface area contributed by atoms with E-state index in [9.17, 15) is 0 Å². The Bertz CT molecular complexity index is 555. The number of ether oxygens (including phenoxy) is 1. The molecule has 2 aromatic rings. The van der Waals surface area contributed by atoms with Crippen molar-refractivity contribution < 1.29 is 4.74 Å². The first-order valence-electron chi connectivity index (χ1n) is 6.05. The summed E-state index contributed by atoms with van der Waals surface area (Å²) in [7, 11) is 0. The van der Waals surface area contributed by atoms with Gasteiger partial charge in [-0.1, -0.05) is 24.3 Å². The maximum Gasteiger partial charge on any atom is 0.147 e. The van der Waals surface area contributed by atoms with Crippen LogP contribution in [-0.4, -0.2) is 11.9 Å². The van der Waals surface area contributed by atoms with E-state index in [-0.39, 0.29) is 0 Å². The van der Waals surface area contributed by atoms with Crippen LogP contribution in [0.2, 0.25) is 0 Å². The monoisotopic (exact) mass is 398 g/mol. The lowest BCUT2D eigenvalue weighted by Crippen LogP contribution is -2.13. The second kappa shape index (κ2) is 5.90. The second-order valence-corrected chi connectivity index (χ2v) is 7.46. The van der Waals surface area contributed by atoms with Gasteiger partial charge < -0.3 is 4.74 Å². The van der Waals surface area contributed by atoms with E-state index in [1.54, 1.807) is 0 Å². The third kappa shape index (κ3) is 3.01. The van der Waals surface area contributed by atoms with E-state index in [4.69, 9.17) is 4.74 Å². The molecule has 0 spiro atoms. The molecule has 0 saturated carbocycles. The van der Waals surface area contributed by atoms with Gasteiger partial charge in [-0.15, -0.1) is 11.8 Å². The fourth-order valence-electron chi connectivity index (χ4n) is 2.14. The highest BCUT2D eigenvalue weighted by Gasteiger charge is 2.22. The van der Waals surface area contributed by atoms with Crippen molar-refractivity contribution in [1.82, 2.24) is 0 Å². The molecular weight excluding hydrogens is 388 g/mol. The maximum absolute atomic E-state index is 5.97. The first kappa shape index (κ1) is 13.5. The number of fused-ring (bicyclic) bond motifs is 1. The first-order chi connectivity index (χ1) is 9.24. The lowest BCUT2D eigenvalue weighted by molar-refractivity contribution is 0.314. The number of benzene rings is 2. The number of hydrogen-bond acceptors (Lipinski definition) is 2. The lowest BCUT2D eigenvalue weighted by atomic mass is 10.1. The predicted molar refractivity (Wildman–Crippen MR) is 87.1 cm³/mol. The Labute approximate surface area is 134 Å². The predicted octanol–water partition coefficient (Wildman–Crippen LogP) is 5.31. The van der Waals surface area contributed by atoms with Crippen LogP contribution in [0.15, 0.2) is 56.3 Å². The molecular formula is C15H12Br2OS. The number of hydrogen-bond donors (Lipinski definition) is 0. The third-order valence-electron chi connectivity index (χ3n) is 3.05. The van der Waals surface area contributed by atoms with E-state index in [2.05, 4.69) is 56.1 Å². The zero-order valence-corrected chi connectivity index (χ0v) is 14.1. The lowest BCUT2D eigenvalue weighted by Gasteiger charge is -2.13. The maximum atomic E-state index is 5.97. The Morgan fingerprint density at radius 1 is 1.05 bits per heavy atom. The van der Waals surface area contributed by atoms with Crippen molar-refractivity contribution in [3.05, 3.63) is 57.0 Å². The molecule has 0 N–H and O–H groups in total. The molecule has 19 heavy (non-hydrogen) atoms. The molecule has 0 amide bonds. The standard InChI is InChI=1S/C15H12Br2OS/c16-12-5-3-6-13(17)15(12)18-9-11-8-10-4-1-2-7-14(10)19-11/h1-7,11H,8-9H2. The van der Waals surface area contributed by atoms with Crippen LogP contribution < -0.4 is 4.74 Å². The summed E-state index contributed by atoms with van der Waals surface area (Å²) in [5.41, 5.74) is 1.44. The van der Waals surface area contributed by atoms with Crippen molar-refractivity contribution in [2.45, 2.75) is 16.6 Å². The average Bonchev–Trinajstić information content (AvgIpc) is 2.81. The summed E-state index contributed by atoms with van der Waals surface area (Å²) in [6, 6.07) is 14.6. The number of para-hydroxylation sites is 1. The van der Waals surface area contributed by atoms with Gasteiger partial charge in [-0.2, -0.15) is 0 Å². The van der Waals surface area contributed by atoms with Crippen molar-refractivity contribution in [3.63, 3.8) is 0 Å². The summed E-state index contributed by atoms with van der Waals surface area (Å²) in [6.45, 7) is 0.723. The molecule has 1 unspecified atom stereocenters. The molecule has 0 saturated heterocycles. The summed E-state index contributed by atoms with van der Waals surface area (Å²) in [6.07, 6.45) is 1.09. The Morgan fingerprint density at radius 2 is 1.79 bits per heavy atom. The zero-order valence-electron chi connectivity index (χ0n) is 10.1. The molecule has 1 aliphatic heterocycles. The van der Waals surface area contributed by atoms with Gasteiger partial charge >= 0.3 is 0 Å². The molecule has 0 fully saturated rings. The van der Waals surface area contributed by atoms with Gasteiger partial charge in [0.2, 0.25) is 0 Å². The van der Waals surface area contributed by atoms with Crippen molar-refractivity contribution >= 4 is 43.6 Å². The summed E-state index contributed by atoms with van der Waals surface area (Å²) in [5.74, 6) is 0.888. The second-order valence-electron chi connectivity index (χ2n) is 4.41. The summed E-state index contributed by atoms with van der Waals surface area (Å²) < 4.78 is 7.94. The van der Waals surface area contributed by atoms with Gasteiger partial charge in [-0.05, 0) is 62.0 Å². The molecule has 1 nitrogen and oxygen atoms in total. The molecule has 2 aromatic carbocycles. The Morgan fingerprint density at radius 3 is 2.53 bits per heavy atom. The zero-order chi connectivity index (χ0) is 13.2. The molecule has 0 bridgehead atoms. The van der Waals surface area contributed by atoms with Gasteiger partial charge in [0.05, 0.1) is 8.95 Å². The van der Waals surface area contributed by atoms with Gasteiger partial charge in [0.15, 0.2) is 0 Å². The third-order valence-corrected chi connectivity index (χ3v) is 5.58. The number of thioether (sulfide) groups is 1. The summed E-state index contributed by atoms with van der Waals surface area (Å²) in [4.78, 5) is 1.39. The largest absolute Gasteiger partial charge is 0.490 e. The van der Waals surface area contributed by atoms with Gasteiger partial charge in [0, 0.05) is 10.1 Å². The van der Waals surface area contributed by atoms with Crippen LogP contribution in [0.4, 0.5) is 0 Å². The van der Waals surface area contributed by atoms with Crippen LogP contribution >= 0.6 is 43.6 Å². The summed E-state index contributed by atoms with van der Waals surface area (Å²) in [5, 5.41) is 0.497. The van der Waals surface area contributed by atoms with E-state index >= 15 is 0 Å². The fourth-order valence-corrected chi connectivity index (χ4v) is 4.59. The van der Waals surface area contributed by atoms with Gasteiger partial charge in [-0.3, -0.25) is 0 Å². The smallest absolute Gasteiger partial charge is 0.147 e. The van der Waals surface area contributed by atoms with E-state index in [0.29, 0.717) is 5.25 Å². The molecule has 0 radical (unpaired) electrons. The molecule has 1 aliphatic rings. The van der Waals surface area contributed by atoms with E-state index in [0.717, 1.165) is 27.7 Å². The minimum Gasteiger partial charge on any atom is -0.490 e. The molecule has 1 heterocycles. The highest BCUT2D eigenvalue weighted by Crippen LogP contribution is 2.38. The Kier molecular flexibility index (Phi) is 4.20. The average molecular weight is 400 g/mol. The van der Waals surface area contributed by atoms with Gasteiger partial charge in [-0.25, -0.2) is 0 Å². The van der Waals surface area contributed by atoms with Crippen LogP contribution in [0, 0.1) is 0 Å². The SMILES string of the molecule is Brc1cccc(Br)c1OCC1Cc2ccccc2S1. The number of rotatable bonds is 3. The van der Waals surface area contributed by atoms with E-state index < -0.39 is 0 Å². The molecule has 0 aliphatic carbocycles. The highest BCUT2D eigenvalue weighted by atomic mass is 79.9. The molecule has 1 atom stereocenters. The fraction of sp³-hybridized carbons (Fsp3) is 0.200. The normalized spacial score (nSPS) is 17.3. The van der Waals surface area contributed by atoms with Crippen LogP contribution in [-0.2, 0) is 6.42 Å². The van der Waals surface area contributed by atoms with Crippen molar-refractivity contribution in [2.75, 3.05) is 6.61 Å². The minimum absolute atomic E-state index is 0.497. The molecule has 0 aromatic heterocycles. The van der Waals surface area contributed by atoms with Crippen molar-refractivity contribution in [1.29, 1.82) is 0 Å². The van der Waals surface area contributed by atoms with Crippen molar-refractivity contribution in [2.24, 2.45) is 0 Å². The summed E-state index contributed by atoms with van der Waals surface area (Å²) >= 11 is 8.96. The van der Waals surface area contributed by atoms with Crippen LogP contribution in [0.25, 0.3) is 0 Å². The van der Waals surface area contributed by atoms with Crippen LogP contribution in [0.5, 0.6) is 5.75 Å². The van der Waals surface area contributed by atoms with Gasteiger partial charge in [0.25, 0.3) is 0 Å². The quantitative estimate of drug-likeness (QED) is 0.691. The van der Waals surface area contributed by atoms with Crippen LogP contribution in [0.3, 0.4) is 0 Å². The number of halogens is 2. The molecule has 98 valence electrons.